The van der Waals surface area contributed by atoms with E-state index in [0.717, 1.165) is 16.5 Å². The lowest BCUT2D eigenvalue weighted by molar-refractivity contribution is 0.0787. The molecule has 0 aliphatic rings. The zero-order chi connectivity index (χ0) is 15.5. The van der Waals surface area contributed by atoms with Crippen molar-refractivity contribution in [3.8, 4) is 0 Å². The van der Waals surface area contributed by atoms with Crippen LogP contribution in [0.3, 0.4) is 0 Å². The second kappa shape index (κ2) is 6.16. The number of carbonyl (C=O) groups is 1. The smallest absolute Gasteiger partial charge is 0.254 e. The zero-order valence-corrected chi connectivity index (χ0v) is 12.9. The maximum Gasteiger partial charge on any atom is 0.254 e. The highest BCUT2D eigenvalue weighted by Gasteiger charge is 2.15. The van der Waals surface area contributed by atoms with Gasteiger partial charge in [-0.15, -0.1) is 0 Å². The Labute approximate surface area is 134 Å². The first-order valence-corrected chi connectivity index (χ1v) is 7.36. The summed E-state index contributed by atoms with van der Waals surface area (Å²) in [6.07, 6.45) is 1.73. The van der Waals surface area contributed by atoms with Crippen LogP contribution in [-0.4, -0.2) is 22.8 Å². The average Bonchev–Trinajstić information content (AvgIpc) is 2.53. The van der Waals surface area contributed by atoms with Gasteiger partial charge in [0.15, 0.2) is 0 Å². The number of hydrogen-bond acceptors (Lipinski definition) is 2. The van der Waals surface area contributed by atoms with Crippen molar-refractivity contribution in [2.45, 2.75) is 6.54 Å². The van der Waals surface area contributed by atoms with Gasteiger partial charge in [0.2, 0.25) is 0 Å². The normalized spacial score (nSPS) is 10.6. The predicted molar refractivity (Wildman–Crippen MR) is 89.0 cm³/mol. The maximum atomic E-state index is 12.7. The standard InChI is InChI=1S/C18H15ClN2O/c1-21(12-13-5-2-6-14(19)11-13)18(22)16-7-3-9-17-15(16)8-4-10-20-17/h2-11H,12H2,1H3. The Bertz CT molecular complexity index is 827. The Morgan fingerprint density at radius 1 is 1.14 bits per heavy atom. The van der Waals surface area contributed by atoms with E-state index in [-0.39, 0.29) is 5.91 Å². The van der Waals surface area contributed by atoms with Crippen LogP contribution in [0, 0.1) is 0 Å². The van der Waals surface area contributed by atoms with E-state index in [1.54, 1.807) is 18.1 Å². The monoisotopic (exact) mass is 310 g/mol. The van der Waals surface area contributed by atoms with Crippen LogP contribution in [-0.2, 0) is 6.54 Å². The second-order valence-corrected chi connectivity index (χ2v) is 5.60. The van der Waals surface area contributed by atoms with E-state index in [1.165, 1.54) is 0 Å². The first kappa shape index (κ1) is 14.5. The van der Waals surface area contributed by atoms with Gasteiger partial charge in [-0.1, -0.05) is 35.9 Å². The molecule has 0 spiro atoms. The summed E-state index contributed by atoms with van der Waals surface area (Å²) < 4.78 is 0. The molecular weight excluding hydrogens is 296 g/mol. The molecule has 0 atom stereocenters. The highest BCUT2D eigenvalue weighted by Crippen LogP contribution is 2.19. The Morgan fingerprint density at radius 2 is 1.95 bits per heavy atom. The minimum Gasteiger partial charge on any atom is -0.337 e. The molecule has 3 aromatic rings. The molecule has 0 unspecified atom stereocenters. The lowest BCUT2D eigenvalue weighted by atomic mass is 10.1. The van der Waals surface area contributed by atoms with Crippen molar-refractivity contribution in [2.24, 2.45) is 0 Å². The van der Waals surface area contributed by atoms with Crippen LogP contribution >= 0.6 is 11.6 Å². The molecule has 3 rings (SSSR count). The highest BCUT2D eigenvalue weighted by molar-refractivity contribution is 6.30. The summed E-state index contributed by atoms with van der Waals surface area (Å²) in [6.45, 7) is 0.510. The number of pyridine rings is 1. The minimum absolute atomic E-state index is 0.0291. The van der Waals surface area contributed by atoms with Crippen LogP contribution in [0.25, 0.3) is 10.9 Å². The fourth-order valence-electron chi connectivity index (χ4n) is 2.48. The van der Waals surface area contributed by atoms with Crippen molar-refractivity contribution in [1.82, 2.24) is 9.88 Å². The summed E-state index contributed by atoms with van der Waals surface area (Å²) in [5.74, 6) is -0.0291. The molecule has 1 aromatic heterocycles. The van der Waals surface area contributed by atoms with E-state index in [0.29, 0.717) is 17.1 Å². The molecule has 0 aliphatic carbocycles. The van der Waals surface area contributed by atoms with Gasteiger partial charge >= 0.3 is 0 Å². The average molecular weight is 311 g/mol. The van der Waals surface area contributed by atoms with E-state index in [4.69, 9.17) is 11.6 Å². The molecule has 0 aliphatic heterocycles. The molecule has 0 fully saturated rings. The SMILES string of the molecule is CN(Cc1cccc(Cl)c1)C(=O)c1cccc2ncccc12. The number of fused-ring (bicyclic) bond motifs is 1. The Kier molecular flexibility index (Phi) is 4.07. The third kappa shape index (κ3) is 2.95. The van der Waals surface area contributed by atoms with Crippen LogP contribution in [0.5, 0.6) is 0 Å². The van der Waals surface area contributed by atoms with Crippen molar-refractivity contribution < 1.29 is 4.79 Å². The number of amides is 1. The van der Waals surface area contributed by atoms with Gasteiger partial charge in [-0.05, 0) is 35.9 Å². The molecule has 2 aromatic carbocycles. The van der Waals surface area contributed by atoms with Crippen molar-refractivity contribution in [3.63, 3.8) is 0 Å². The molecule has 22 heavy (non-hydrogen) atoms. The molecule has 0 radical (unpaired) electrons. The summed E-state index contributed by atoms with van der Waals surface area (Å²) >= 11 is 5.99. The largest absolute Gasteiger partial charge is 0.337 e. The highest BCUT2D eigenvalue weighted by atomic mass is 35.5. The minimum atomic E-state index is -0.0291. The van der Waals surface area contributed by atoms with E-state index < -0.39 is 0 Å². The summed E-state index contributed by atoms with van der Waals surface area (Å²) in [6, 6.07) is 16.9. The summed E-state index contributed by atoms with van der Waals surface area (Å²) in [5, 5.41) is 1.54. The molecule has 0 saturated heterocycles. The van der Waals surface area contributed by atoms with Crippen LogP contribution in [0.2, 0.25) is 5.02 Å². The number of rotatable bonds is 3. The Balaban J connectivity index is 1.89. The number of hydrogen-bond donors (Lipinski definition) is 0. The molecule has 1 heterocycles. The van der Waals surface area contributed by atoms with E-state index in [1.807, 2.05) is 54.6 Å². The number of aromatic nitrogens is 1. The molecule has 3 nitrogen and oxygen atoms in total. The number of halogens is 1. The lowest BCUT2D eigenvalue weighted by Gasteiger charge is -2.18. The van der Waals surface area contributed by atoms with Crippen LogP contribution < -0.4 is 0 Å². The summed E-state index contributed by atoms with van der Waals surface area (Å²) in [4.78, 5) is 18.7. The van der Waals surface area contributed by atoms with Crippen LogP contribution in [0.1, 0.15) is 15.9 Å². The van der Waals surface area contributed by atoms with Gasteiger partial charge in [-0.25, -0.2) is 0 Å². The molecule has 1 amide bonds. The molecular formula is C18H15ClN2O. The second-order valence-electron chi connectivity index (χ2n) is 5.17. The summed E-state index contributed by atoms with van der Waals surface area (Å²) in [5.41, 5.74) is 2.49. The first-order valence-electron chi connectivity index (χ1n) is 6.99. The predicted octanol–water partition coefficient (Wildman–Crippen LogP) is 4.16. The van der Waals surface area contributed by atoms with Crippen molar-refractivity contribution in [3.05, 3.63) is 76.9 Å². The van der Waals surface area contributed by atoms with Gasteiger partial charge in [-0.2, -0.15) is 0 Å². The van der Waals surface area contributed by atoms with Gasteiger partial charge in [0.25, 0.3) is 5.91 Å². The quantitative estimate of drug-likeness (QED) is 0.727. The first-order chi connectivity index (χ1) is 10.6. The number of nitrogens with zero attached hydrogens (tertiary/aromatic N) is 2. The maximum absolute atomic E-state index is 12.7. The topological polar surface area (TPSA) is 33.2 Å². The molecule has 4 heteroatoms. The lowest BCUT2D eigenvalue weighted by Crippen LogP contribution is -2.26. The molecule has 0 bridgehead atoms. The number of benzene rings is 2. The van der Waals surface area contributed by atoms with E-state index in [2.05, 4.69) is 4.98 Å². The van der Waals surface area contributed by atoms with Crippen molar-refractivity contribution >= 4 is 28.4 Å². The third-order valence-electron chi connectivity index (χ3n) is 3.53. The van der Waals surface area contributed by atoms with Gasteiger partial charge < -0.3 is 4.90 Å². The van der Waals surface area contributed by atoms with Crippen LogP contribution in [0.15, 0.2) is 60.8 Å². The Morgan fingerprint density at radius 3 is 2.77 bits per heavy atom. The van der Waals surface area contributed by atoms with Crippen LogP contribution in [0.4, 0.5) is 0 Å². The third-order valence-corrected chi connectivity index (χ3v) is 3.77. The van der Waals surface area contributed by atoms with Gasteiger partial charge in [0, 0.05) is 35.8 Å². The molecule has 110 valence electrons. The fourth-order valence-corrected chi connectivity index (χ4v) is 2.69. The molecule has 0 N–H and O–H groups in total. The van der Waals surface area contributed by atoms with E-state index in [9.17, 15) is 4.79 Å². The van der Waals surface area contributed by atoms with Gasteiger partial charge in [0.05, 0.1) is 5.52 Å². The summed E-state index contributed by atoms with van der Waals surface area (Å²) in [7, 11) is 1.79. The zero-order valence-electron chi connectivity index (χ0n) is 12.2. The molecule has 0 saturated carbocycles. The van der Waals surface area contributed by atoms with Gasteiger partial charge in [-0.3, -0.25) is 9.78 Å². The Hall–Kier alpha value is -2.39. The van der Waals surface area contributed by atoms with Gasteiger partial charge in [0.1, 0.15) is 0 Å². The van der Waals surface area contributed by atoms with Crippen molar-refractivity contribution in [2.75, 3.05) is 7.05 Å². The van der Waals surface area contributed by atoms with Crippen molar-refractivity contribution in [1.29, 1.82) is 0 Å². The fraction of sp³-hybridized carbons (Fsp3) is 0.111. The van der Waals surface area contributed by atoms with E-state index >= 15 is 0 Å². The number of carbonyl (C=O) groups excluding carboxylic acids is 1.